The first-order valence-corrected chi connectivity index (χ1v) is 49.9. The molecule has 0 saturated carbocycles. The molecule has 696 valence electrons. The lowest BCUT2D eigenvalue weighted by molar-refractivity contribution is 0.590. The Morgan fingerprint density at radius 1 is 0.147 bits per heavy atom. The van der Waals surface area contributed by atoms with Crippen LogP contribution < -0.4 is 14.7 Å². The third kappa shape index (κ3) is 17.0. The monoisotopic (exact) mass is 1850 g/mol. The SMILES string of the molecule is CC(C)(C)c1ccc(N(c2ccc(-n3c4ccccc4c4cc5ccn(-c6ccccc6)c5cc43)cc2)c2ccc(C(C)(C)C)cc2)cc1.CC(C)(C)c1ccc(N(c2ccc(C(C)(C)C)cc2)c2cccc(-n3c4ccccc4c4cc5ccn(-c6ccccc6)c5cc43)c2)cc1.c1ccc(N(c2ccc(-n3c4ccccc4c4cc5ccn(-c6ccccc6)c5cc43)cc2)c2ccc3ccccc3c2)cc1. The van der Waals surface area contributed by atoms with Crippen LogP contribution in [0.15, 0.2) is 480 Å². The van der Waals surface area contributed by atoms with E-state index in [-0.39, 0.29) is 21.7 Å². The molecule has 9 nitrogen and oxygen atoms in total. The van der Waals surface area contributed by atoms with Gasteiger partial charge in [0.25, 0.3) is 0 Å². The zero-order chi connectivity index (χ0) is 97.6. The van der Waals surface area contributed by atoms with Gasteiger partial charge in [-0.3, -0.25) is 0 Å². The van der Waals surface area contributed by atoms with E-state index in [4.69, 9.17) is 0 Å². The van der Waals surface area contributed by atoms with Gasteiger partial charge in [-0.05, 0) is 303 Å². The second kappa shape index (κ2) is 36.3. The highest BCUT2D eigenvalue weighted by Crippen LogP contribution is 2.47. The van der Waals surface area contributed by atoms with Crippen LogP contribution in [0.1, 0.15) is 105 Å². The van der Waals surface area contributed by atoms with E-state index in [1.165, 1.54) is 131 Å². The number of rotatable bonds is 15. The Hall–Kier alpha value is -17.1. The molecule has 143 heavy (non-hydrogen) atoms. The van der Waals surface area contributed by atoms with Gasteiger partial charge in [0.1, 0.15) is 0 Å². The predicted octanol–water partition coefficient (Wildman–Crippen LogP) is 36.9. The molecule has 0 aliphatic rings. The molecule has 0 N–H and O–H groups in total. The van der Waals surface area contributed by atoms with Crippen molar-refractivity contribution in [2.45, 2.75) is 105 Å². The van der Waals surface area contributed by atoms with Crippen LogP contribution in [0.2, 0.25) is 0 Å². The Kier molecular flexibility index (Phi) is 22.8. The van der Waals surface area contributed by atoms with Crippen molar-refractivity contribution in [3.63, 3.8) is 0 Å². The van der Waals surface area contributed by atoms with E-state index in [1.807, 2.05) is 0 Å². The molecular formula is C134H115N9. The smallest absolute Gasteiger partial charge is 0.0562 e. The van der Waals surface area contributed by atoms with Crippen LogP contribution in [-0.2, 0) is 21.7 Å². The average molecular weight is 1850 g/mol. The van der Waals surface area contributed by atoms with Crippen molar-refractivity contribution in [1.82, 2.24) is 27.4 Å². The number of hydrogen-bond donors (Lipinski definition) is 0. The first-order chi connectivity index (χ1) is 69.4. The Labute approximate surface area is 837 Å². The van der Waals surface area contributed by atoms with Gasteiger partial charge in [0, 0.05) is 152 Å². The maximum atomic E-state index is 2.43. The zero-order valence-corrected chi connectivity index (χ0v) is 83.1. The molecule has 0 saturated heterocycles. The van der Waals surface area contributed by atoms with Crippen LogP contribution in [0.3, 0.4) is 0 Å². The van der Waals surface area contributed by atoms with E-state index in [9.17, 15) is 0 Å². The number of aromatic nitrogens is 6. The highest BCUT2D eigenvalue weighted by molar-refractivity contribution is 6.16. The molecule has 0 aliphatic heterocycles. The second-order valence-corrected chi connectivity index (χ2v) is 42.0. The van der Waals surface area contributed by atoms with Gasteiger partial charge in [-0.2, -0.15) is 0 Å². The van der Waals surface area contributed by atoms with Gasteiger partial charge in [-0.25, -0.2) is 0 Å². The quantitative estimate of drug-likeness (QED) is 0.103. The fourth-order valence-electron chi connectivity index (χ4n) is 21.0. The zero-order valence-electron chi connectivity index (χ0n) is 83.1. The van der Waals surface area contributed by atoms with Crippen molar-refractivity contribution >= 4 is 160 Å². The van der Waals surface area contributed by atoms with E-state index in [2.05, 4.69) is 605 Å². The van der Waals surface area contributed by atoms with Crippen LogP contribution in [0.25, 0.3) is 143 Å². The third-order valence-corrected chi connectivity index (χ3v) is 28.6. The summed E-state index contributed by atoms with van der Waals surface area (Å²) in [5, 5.41) is 13.7. The molecule has 19 aromatic carbocycles. The van der Waals surface area contributed by atoms with Crippen LogP contribution in [0.4, 0.5) is 51.2 Å². The number of benzene rings is 19. The maximum absolute atomic E-state index is 2.43. The molecule has 0 atom stereocenters. The van der Waals surface area contributed by atoms with E-state index < -0.39 is 0 Å². The lowest BCUT2D eigenvalue weighted by atomic mass is 9.86. The summed E-state index contributed by atoms with van der Waals surface area (Å²) in [5.74, 6) is 0. The summed E-state index contributed by atoms with van der Waals surface area (Å²) in [6.45, 7) is 27.2. The summed E-state index contributed by atoms with van der Waals surface area (Å²) in [4.78, 5) is 7.08. The van der Waals surface area contributed by atoms with Crippen molar-refractivity contribution in [3.05, 3.63) is 502 Å². The second-order valence-electron chi connectivity index (χ2n) is 42.0. The minimum atomic E-state index is 0.0833. The van der Waals surface area contributed by atoms with Gasteiger partial charge in [0.15, 0.2) is 0 Å². The fraction of sp³-hybridized carbons (Fsp3) is 0.119. The number of nitrogens with zero attached hydrogens (tertiary/aromatic N) is 9. The molecule has 25 rings (SSSR count). The summed E-state index contributed by atoms with van der Waals surface area (Å²) in [5.41, 5.74) is 33.5. The minimum absolute atomic E-state index is 0.0833. The van der Waals surface area contributed by atoms with Gasteiger partial charge in [-0.1, -0.05) is 295 Å². The van der Waals surface area contributed by atoms with Crippen LogP contribution in [-0.4, -0.2) is 27.4 Å². The Bertz CT molecular complexity index is 8870. The van der Waals surface area contributed by atoms with Crippen LogP contribution >= 0.6 is 0 Å². The first-order valence-electron chi connectivity index (χ1n) is 49.9. The van der Waals surface area contributed by atoms with Crippen molar-refractivity contribution in [3.8, 4) is 34.1 Å². The first kappa shape index (κ1) is 89.7. The lowest BCUT2D eigenvalue weighted by Crippen LogP contribution is -2.14. The summed E-state index contributed by atoms with van der Waals surface area (Å²) >= 11 is 0. The van der Waals surface area contributed by atoms with Gasteiger partial charge < -0.3 is 42.1 Å². The Balaban J connectivity index is 0.000000119. The van der Waals surface area contributed by atoms with E-state index in [1.54, 1.807) is 0 Å². The van der Waals surface area contributed by atoms with Crippen molar-refractivity contribution in [2.24, 2.45) is 0 Å². The van der Waals surface area contributed by atoms with Gasteiger partial charge in [-0.15, -0.1) is 0 Å². The predicted molar refractivity (Wildman–Crippen MR) is 609 cm³/mol. The van der Waals surface area contributed by atoms with Crippen LogP contribution in [0.5, 0.6) is 0 Å². The van der Waals surface area contributed by atoms with Crippen molar-refractivity contribution < 1.29 is 0 Å². The van der Waals surface area contributed by atoms with Gasteiger partial charge >= 0.3 is 0 Å². The molecular weight excluding hydrogens is 1740 g/mol. The molecule has 0 unspecified atom stereocenters. The number of para-hydroxylation sites is 7. The van der Waals surface area contributed by atoms with Crippen molar-refractivity contribution in [1.29, 1.82) is 0 Å². The molecule has 0 amide bonds. The average Bonchev–Trinajstić information content (AvgIpc) is 1.65. The molecule has 0 fully saturated rings. The lowest BCUT2D eigenvalue weighted by Gasteiger charge is -2.28. The molecule has 6 aromatic heterocycles. The molecule has 0 radical (unpaired) electrons. The summed E-state index contributed by atoms with van der Waals surface area (Å²) in [6, 6.07) is 168. The van der Waals surface area contributed by atoms with Crippen molar-refractivity contribution in [2.75, 3.05) is 14.7 Å². The molecule has 0 spiro atoms. The maximum Gasteiger partial charge on any atom is 0.0562 e. The normalized spacial score (nSPS) is 12.1. The number of hydrogen-bond acceptors (Lipinski definition) is 3. The highest BCUT2D eigenvalue weighted by atomic mass is 15.2. The molecule has 9 heteroatoms. The molecule has 0 bridgehead atoms. The van der Waals surface area contributed by atoms with Crippen LogP contribution in [0, 0.1) is 0 Å². The van der Waals surface area contributed by atoms with Gasteiger partial charge in [0.2, 0.25) is 0 Å². The third-order valence-electron chi connectivity index (χ3n) is 28.6. The van der Waals surface area contributed by atoms with E-state index >= 15 is 0 Å². The molecule has 0 aliphatic carbocycles. The largest absolute Gasteiger partial charge is 0.316 e. The summed E-state index contributed by atoms with van der Waals surface area (Å²) < 4.78 is 14.1. The topological polar surface area (TPSA) is 39.3 Å². The van der Waals surface area contributed by atoms with E-state index in [0.717, 1.165) is 85.3 Å². The number of anilines is 9. The summed E-state index contributed by atoms with van der Waals surface area (Å²) in [6.07, 6.45) is 6.53. The van der Waals surface area contributed by atoms with Gasteiger partial charge in [0.05, 0.1) is 49.7 Å². The summed E-state index contributed by atoms with van der Waals surface area (Å²) in [7, 11) is 0. The van der Waals surface area contributed by atoms with E-state index in [0.29, 0.717) is 0 Å². The molecule has 6 heterocycles. The number of fused-ring (bicyclic) bond motifs is 13. The Morgan fingerprint density at radius 2 is 0.399 bits per heavy atom. The Morgan fingerprint density at radius 3 is 0.734 bits per heavy atom. The fourth-order valence-corrected chi connectivity index (χ4v) is 21.0. The minimum Gasteiger partial charge on any atom is -0.316 e. The standard InChI is InChI=1S/2C46H43N3.C42H29N3/c1-45(2,3)33-19-23-36(24-20-33)48(37-25-21-34(22-26-37)46(4,5)6)38-15-12-16-39(30-38)49-42-18-11-10-17-40(42)41-29-32-27-28-47(43(32)31-44(41)49)35-13-8-7-9-14-35;1-45(2,3)33-16-20-36(21-17-33)48(37-22-18-34(19-23-37)46(4,5)6)38-24-26-39(27-25-38)49-42-15-11-10-14-40(42)41-30-32-28-29-47(43(32)31-44(41)49)35-12-8-7-9-13-35;1-3-13-33(14-4-1)43-26-25-32-28-39-38-17-9-10-18-40(38)45(42(39)29-41(32)43)36-23-21-35(22-24-36)44(34-15-5-2-6-16-34)37-20-19-30-11-7-8-12-31(30)27-37/h2*7-31H,1-6H3;1-29H. The molecule has 25 aromatic rings. The highest BCUT2D eigenvalue weighted by Gasteiger charge is 2.27.